The molecule has 0 amide bonds. The van der Waals surface area contributed by atoms with Crippen LogP contribution in [-0.4, -0.2) is 17.3 Å². The number of carbonyl (C=O) groups is 1. The van der Waals surface area contributed by atoms with Gasteiger partial charge in [0.25, 0.3) is 0 Å². The van der Waals surface area contributed by atoms with Gasteiger partial charge in [0.2, 0.25) is 0 Å². The van der Waals surface area contributed by atoms with Gasteiger partial charge < -0.3 is 4.74 Å². The first-order valence-corrected chi connectivity index (χ1v) is 7.09. The Hall–Kier alpha value is -2.35. The second kappa shape index (κ2) is 6.61. The lowest BCUT2D eigenvalue weighted by Gasteiger charge is -2.10. The van der Waals surface area contributed by atoms with Gasteiger partial charge in [-0.25, -0.2) is 22.2 Å². The van der Waals surface area contributed by atoms with E-state index in [1.807, 2.05) is 0 Å². The molecule has 0 aromatic heterocycles. The number of anilines is 1. The molecule has 1 unspecified atom stereocenters. The van der Waals surface area contributed by atoms with Crippen molar-refractivity contribution < 1.29 is 26.9 Å². The monoisotopic (exact) mass is 329 g/mol. The second-order valence-electron chi connectivity index (χ2n) is 4.10. The molecule has 0 spiro atoms. The van der Waals surface area contributed by atoms with E-state index >= 15 is 0 Å². The summed E-state index contributed by atoms with van der Waals surface area (Å²) in [7, 11) is -1.16. The Kier molecular flexibility index (Phi) is 4.81. The highest BCUT2D eigenvalue weighted by atomic mass is 32.2. The zero-order valence-corrected chi connectivity index (χ0v) is 12.0. The number of carbonyl (C=O) groups excluding carboxylic acids is 1. The number of ether oxygens (including phenoxy) is 1. The van der Waals surface area contributed by atoms with Crippen molar-refractivity contribution in [2.45, 2.75) is 4.90 Å². The van der Waals surface area contributed by atoms with Crippen LogP contribution in [0, 0.1) is 17.5 Å². The highest BCUT2D eigenvalue weighted by molar-refractivity contribution is 7.86. The Labute approximate surface area is 126 Å². The smallest absolute Gasteiger partial charge is 0.340 e. The molecule has 1 N–H and O–H groups in total. The predicted molar refractivity (Wildman–Crippen MR) is 74.1 cm³/mol. The normalized spacial score (nSPS) is 11.8. The number of rotatable bonds is 4. The van der Waals surface area contributed by atoms with Crippen LogP contribution in [0.25, 0.3) is 0 Å². The van der Waals surface area contributed by atoms with E-state index in [0.29, 0.717) is 0 Å². The number of benzene rings is 2. The number of halogens is 3. The van der Waals surface area contributed by atoms with Crippen molar-refractivity contribution in [2.24, 2.45) is 0 Å². The Balaban J connectivity index is 2.33. The quantitative estimate of drug-likeness (QED) is 0.877. The molecular formula is C14H10F3NO3S. The molecule has 116 valence electrons. The minimum absolute atomic E-state index is 0.301. The molecule has 2 rings (SSSR count). The summed E-state index contributed by atoms with van der Waals surface area (Å²) in [6.45, 7) is 0. The summed E-state index contributed by atoms with van der Waals surface area (Å²) in [6.07, 6.45) is 0. The molecule has 0 saturated heterocycles. The van der Waals surface area contributed by atoms with Gasteiger partial charge in [-0.3, -0.25) is 4.72 Å². The SMILES string of the molecule is COC(=O)c1cccc(NS(=O)c2cc(F)ccc2F)c1F. The Morgan fingerprint density at radius 1 is 1.18 bits per heavy atom. The summed E-state index contributed by atoms with van der Waals surface area (Å²) in [6, 6.07) is 6.13. The fourth-order valence-corrected chi connectivity index (χ4v) is 2.58. The summed E-state index contributed by atoms with van der Waals surface area (Å²) in [5.41, 5.74) is -0.672. The van der Waals surface area contributed by atoms with Crippen molar-refractivity contribution in [2.75, 3.05) is 11.8 Å². The second-order valence-corrected chi connectivity index (χ2v) is 5.29. The van der Waals surface area contributed by atoms with Crippen molar-refractivity contribution in [3.63, 3.8) is 0 Å². The summed E-state index contributed by atoms with van der Waals surface area (Å²) in [5, 5.41) is 0. The number of hydrogen-bond acceptors (Lipinski definition) is 3. The number of hydrogen-bond donors (Lipinski definition) is 1. The van der Waals surface area contributed by atoms with Crippen molar-refractivity contribution in [1.82, 2.24) is 0 Å². The van der Waals surface area contributed by atoms with E-state index in [4.69, 9.17) is 0 Å². The molecule has 4 nitrogen and oxygen atoms in total. The Morgan fingerprint density at radius 3 is 2.59 bits per heavy atom. The third-order valence-electron chi connectivity index (χ3n) is 2.70. The van der Waals surface area contributed by atoms with Crippen molar-refractivity contribution in [3.8, 4) is 0 Å². The van der Waals surface area contributed by atoms with Crippen LogP contribution in [0.5, 0.6) is 0 Å². The molecule has 0 radical (unpaired) electrons. The molecule has 0 aliphatic carbocycles. The number of methoxy groups -OCH3 is 1. The van der Waals surface area contributed by atoms with Gasteiger partial charge in [-0.05, 0) is 30.3 Å². The highest BCUT2D eigenvalue weighted by Gasteiger charge is 2.18. The summed E-state index contributed by atoms with van der Waals surface area (Å²) >= 11 is 0. The van der Waals surface area contributed by atoms with Crippen LogP contribution in [0.3, 0.4) is 0 Å². The number of nitrogens with one attached hydrogen (secondary N) is 1. The molecule has 0 heterocycles. The zero-order valence-electron chi connectivity index (χ0n) is 11.2. The van der Waals surface area contributed by atoms with E-state index < -0.39 is 39.3 Å². The molecule has 2 aromatic rings. The van der Waals surface area contributed by atoms with Gasteiger partial charge in [0.05, 0.1) is 23.3 Å². The fraction of sp³-hybridized carbons (Fsp3) is 0.0714. The maximum atomic E-state index is 14.1. The number of esters is 1. The summed E-state index contributed by atoms with van der Waals surface area (Å²) in [4.78, 5) is 10.9. The van der Waals surface area contributed by atoms with E-state index in [1.165, 1.54) is 18.2 Å². The van der Waals surface area contributed by atoms with E-state index in [9.17, 15) is 22.2 Å². The zero-order chi connectivity index (χ0) is 16.3. The third-order valence-corrected chi connectivity index (χ3v) is 3.82. The van der Waals surface area contributed by atoms with Crippen LogP contribution >= 0.6 is 0 Å². The average Bonchev–Trinajstić information content (AvgIpc) is 2.51. The molecule has 2 aromatic carbocycles. The summed E-state index contributed by atoms with van der Waals surface area (Å²) < 4.78 is 59.3. The van der Waals surface area contributed by atoms with Gasteiger partial charge in [0.15, 0.2) is 16.8 Å². The molecular weight excluding hydrogens is 319 g/mol. The molecule has 0 aliphatic heterocycles. The van der Waals surface area contributed by atoms with Crippen LogP contribution in [0.15, 0.2) is 41.3 Å². The van der Waals surface area contributed by atoms with Gasteiger partial charge in [-0.2, -0.15) is 0 Å². The van der Waals surface area contributed by atoms with Gasteiger partial charge >= 0.3 is 5.97 Å². The Bertz CT molecular complexity index is 752. The lowest BCUT2D eigenvalue weighted by molar-refractivity contribution is 0.0595. The van der Waals surface area contributed by atoms with E-state index in [1.54, 1.807) is 0 Å². The topological polar surface area (TPSA) is 55.4 Å². The van der Waals surface area contributed by atoms with Gasteiger partial charge in [-0.1, -0.05) is 6.07 Å². The molecule has 22 heavy (non-hydrogen) atoms. The lowest BCUT2D eigenvalue weighted by Crippen LogP contribution is -2.11. The molecule has 8 heteroatoms. The largest absolute Gasteiger partial charge is 0.465 e. The van der Waals surface area contributed by atoms with Crippen LogP contribution in [0.4, 0.5) is 18.9 Å². The maximum absolute atomic E-state index is 14.1. The van der Waals surface area contributed by atoms with Crippen LogP contribution in [0.1, 0.15) is 10.4 Å². The van der Waals surface area contributed by atoms with E-state index in [2.05, 4.69) is 9.46 Å². The first kappa shape index (κ1) is 16.0. The minimum Gasteiger partial charge on any atom is -0.465 e. The predicted octanol–water partition coefficient (Wildman–Crippen LogP) is 3.03. The molecule has 0 aliphatic rings. The highest BCUT2D eigenvalue weighted by Crippen LogP contribution is 2.22. The minimum atomic E-state index is -2.25. The maximum Gasteiger partial charge on any atom is 0.340 e. The third kappa shape index (κ3) is 3.28. The van der Waals surface area contributed by atoms with Gasteiger partial charge in [-0.15, -0.1) is 0 Å². The fourth-order valence-electron chi connectivity index (χ4n) is 1.65. The average molecular weight is 329 g/mol. The summed E-state index contributed by atoms with van der Waals surface area (Å²) in [5.74, 6) is -3.60. The van der Waals surface area contributed by atoms with Crippen LogP contribution in [0.2, 0.25) is 0 Å². The van der Waals surface area contributed by atoms with Crippen LogP contribution < -0.4 is 4.72 Å². The molecule has 0 saturated carbocycles. The standard InChI is InChI=1S/C14H10F3NO3S/c1-21-14(19)9-3-2-4-11(13(9)17)18-22(20)12-7-8(15)5-6-10(12)16/h2-7,18H,1H3. The van der Waals surface area contributed by atoms with E-state index in [0.717, 1.165) is 25.3 Å². The Morgan fingerprint density at radius 2 is 1.91 bits per heavy atom. The van der Waals surface area contributed by atoms with Crippen molar-refractivity contribution >= 4 is 22.6 Å². The molecule has 1 atom stereocenters. The van der Waals surface area contributed by atoms with Gasteiger partial charge in [0, 0.05) is 0 Å². The van der Waals surface area contributed by atoms with Crippen molar-refractivity contribution in [1.29, 1.82) is 0 Å². The molecule has 0 bridgehead atoms. The lowest BCUT2D eigenvalue weighted by atomic mass is 10.2. The van der Waals surface area contributed by atoms with Gasteiger partial charge in [0.1, 0.15) is 11.6 Å². The van der Waals surface area contributed by atoms with E-state index in [-0.39, 0.29) is 11.3 Å². The first-order chi connectivity index (χ1) is 10.4. The first-order valence-electron chi connectivity index (χ1n) is 5.94. The van der Waals surface area contributed by atoms with Crippen molar-refractivity contribution in [3.05, 3.63) is 59.4 Å². The van der Waals surface area contributed by atoms with Crippen LogP contribution in [-0.2, 0) is 15.7 Å². The molecule has 0 fully saturated rings.